The molecular weight excluding hydrogens is 264 g/mol. The van der Waals surface area contributed by atoms with E-state index in [1.54, 1.807) is 13.0 Å². The smallest absolute Gasteiger partial charge is 0.359 e. The van der Waals surface area contributed by atoms with Crippen molar-refractivity contribution in [3.05, 3.63) is 30.0 Å². The highest BCUT2D eigenvalue weighted by molar-refractivity contribution is 8.12. The molecule has 6 nitrogen and oxygen atoms in total. The van der Waals surface area contributed by atoms with Gasteiger partial charge in [-0.3, -0.25) is 0 Å². The zero-order chi connectivity index (χ0) is 13.7. The third kappa shape index (κ3) is 3.00. The number of para-hydroxylation sites is 2. The lowest BCUT2D eigenvalue weighted by Crippen LogP contribution is -2.10. The number of thioether (sulfide) groups is 1. The summed E-state index contributed by atoms with van der Waals surface area (Å²) in [5.74, 6) is 4.55. The third-order valence-electron chi connectivity index (χ3n) is 2.23. The molecule has 2 N–H and O–H groups in total. The molecule has 0 saturated heterocycles. The minimum Gasteiger partial charge on any atom is -0.461 e. The first-order valence-corrected chi connectivity index (χ1v) is 6.46. The van der Waals surface area contributed by atoms with E-state index >= 15 is 0 Å². The van der Waals surface area contributed by atoms with E-state index < -0.39 is 5.97 Å². The Kier molecular flexibility index (Phi) is 4.30. The largest absolute Gasteiger partial charge is 0.461 e. The fourth-order valence-electron chi connectivity index (χ4n) is 1.48. The normalized spacial score (nSPS) is 11.0. The van der Waals surface area contributed by atoms with Crippen LogP contribution in [0, 0.1) is 0 Å². The second-order valence-corrected chi connectivity index (χ2v) is 4.29. The zero-order valence-electron chi connectivity index (χ0n) is 10.2. The maximum absolute atomic E-state index is 11.9. The maximum Gasteiger partial charge on any atom is 0.359 e. The van der Waals surface area contributed by atoms with Crippen molar-refractivity contribution in [2.24, 2.45) is 10.9 Å². The van der Waals surface area contributed by atoms with Gasteiger partial charge in [0.15, 0.2) is 5.69 Å². The van der Waals surface area contributed by atoms with Crippen LogP contribution in [0.2, 0.25) is 0 Å². The van der Waals surface area contributed by atoms with Gasteiger partial charge in [0.1, 0.15) is 5.03 Å². The number of hydrogen-bond donors (Lipinski definition) is 1. The summed E-state index contributed by atoms with van der Waals surface area (Å²) in [6.07, 6.45) is 0. The molecule has 0 fully saturated rings. The number of nitrogens with two attached hydrogens (primary N) is 1. The van der Waals surface area contributed by atoms with Crippen molar-refractivity contribution in [3.8, 4) is 0 Å². The standard InChI is InChI=1S/C12H12N4O2S/c1-2-18-12(17)10-11(19-7-14-13)16-9-6-4-3-5-8(9)15-10/h3-7H,2,13H2,1H3. The summed E-state index contributed by atoms with van der Waals surface area (Å²) >= 11 is 1.12. The average molecular weight is 276 g/mol. The summed E-state index contributed by atoms with van der Waals surface area (Å²) < 4.78 is 4.97. The SMILES string of the molecule is CCOC(=O)c1nc2ccccc2nc1SC=NN. The molecule has 1 heterocycles. The van der Waals surface area contributed by atoms with Crippen LogP contribution in [0.3, 0.4) is 0 Å². The van der Waals surface area contributed by atoms with Gasteiger partial charge < -0.3 is 10.6 Å². The van der Waals surface area contributed by atoms with E-state index in [-0.39, 0.29) is 12.3 Å². The lowest BCUT2D eigenvalue weighted by Gasteiger charge is -2.06. The Morgan fingerprint density at radius 1 is 1.42 bits per heavy atom. The first-order valence-electron chi connectivity index (χ1n) is 5.58. The summed E-state index contributed by atoms with van der Waals surface area (Å²) in [5, 5.41) is 3.80. The number of rotatable bonds is 4. The van der Waals surface area contributed by atoms with Crippen molar-refractivity contribution < 1.29 is 9.53 Å². The summed E-state index contributed by atoms with van der Waals surface area (Å²) in [6.45, 7) is 2.02. The molecule has 0 radical (unpaired) electrons. The second-order valence-electron chi connectivity index (χ2n) is 3.46. The number of nitrogens with zero attached hydrogens (tertiary/aromatic N) is 3. The second kappa shape index (κ2) is 6.14. The first kappa shape index (κ1) is 13.3. The van der Waals surface area contributed by atoms with E-state index in [0.29, 0.717) is 16.1 Å². The molecule has 2 aromatic rings. The Labute approximate surface area is 114 Å². The van der Waals surface area contributed by atoms with Crippen LogP contribution in [0.5, 0.6) is 0 Å². The summed E-state index contributed by atoms with van der Waals surface area (Å²) in [6, 6.07) is 7.30. The predicted octanol–water partition coefficient (Wildman–Crippen LogP) is 1.80. The summed E-state index contributed by atoms with van der Waals surface area (Å²) in [7, 11) is 0. The predicted molar refractivity (Wildman–Crippen MR) is 74.0 cm³/mol. The highest BCUT2D eigenvalue weighted by Gasteiger charge is 2.17. The Morgan fingerprint density at radius 3 is 2.74 bits per heavy atom. The molecule has 0 spiro atoms. The molecule has 0 aliphatic carbocycles. The monoisotopic (exact) mass is 276 g/mol. The lowest BCUT2D eigenvalue weighted by atomic mass is 10.3. The molecule has 0 unspecified atom stereocenters. The van der Waals surface area contributed by atoms with Crippen molar-refractivity contribution in [2.75, 3.05) is 6.61 Å². The minimum atomic E-state index is -0.506. The number of fused-ring (bicyclic) bond motifs is 1. The number of aromatic nitrogens is 2. The van der Waals surface area contributed by atoms with E-state index in [9.17, 15) is 4.79 Å². The van der Waals surface area contributed by atoms with Gasteiger partial charge in [0.2, 0.25) is 0 Å². The highest BCUT2D eigenvalue weighted by atomic mass is 32.2. The van der Waals surface area contributed by atoms with Gasteiger partial charge >= 0.3 is 5.97 Å². The van der Waals surface area contributed by atoms with Gasteiger partial charge in [-0.05, 0) is 19.1 Å². The van der Waals surface area contributed by atoms with Crippen LogP contribution in [-0.2, 0) is 4.74 Å². The van der Waals surface area contributed by atoms with Gasteiger partial charge in [-0.15, -0.1) is 0 Å². The highest BCUT2D eigenvalue weighted by Crippen LogP contribution is 2.21. The van der Waals surface area contributed by atoms with E-state index in [1.165, 1.54) is 5.55 Å². The van der Waals surface area contributed by atoms with Gasteiger partial charge in [0.05, 0.1) is 23.2 Å². The molecule has 2 rings (SSSR count). The molecule has 0 amide bonds. The van der Waals surface area contributed by atoms with E-state index in [1.807, 2.05) is 18.2 Å². The summed E-state index contributed by atoms with van der Waals surface area (Å²) in [4.78, 5) is 20.5. The van der Waals surface area contributed by atoms with Gasteiger partial charge in [-0.25, -0.2) is 14.8 Å². The van der Waals surface area contributed by atoms with Crippen molar-refractivity contribution in [3.63, 3.8) is 0 Å². The van der Waals surface area contributed by atoms with Gasteiger partial charge in [0.25, 0.3) is 0 Å². The molecule has 98 valence electrons. The lowest BCUT2D eigenvalue weighted by molar-refractivity contribution is 0.0514. The van der Waals surface area contributed by atoms with E-state index in [4.69, 9.17) is 10.6 Å². The molecular formula is C12H12N4O2S. The molecule has 1 aromatic heterocycles. The van der Waals surface area contributed by atoms with E-state index in [0.717, 1.165) is 11.8 Å². The molecule has 0 saturated carbocycles. The van der Waals surface area contributed by atoms with Crippen molar-refractivity contribution in [1.82, 2.24) is 9.97 Å². The third-order valence-corrected chi connectivity index (χ3v) is 2.97. The Balaban J connectivity index is 2.53. The van der Waals surface area contributed by atoms with Crippen LogP contribution >= 0.6 is 11.8 Å². The number of esters is 1. The van der Waals surface area contributed by atoms with Gasteiger partial charge in [-0.2, -0.15) is 5.10 Å². The topological polar surface area (TPSA) is 90.5 Å². The van der Waals surface area contributed by atoms with E-state index in [2.05, 4.69) is 15.1 Å². The van der Waals surface area contributed by atoms with Crippen molar-refractivity contribution in [1.29, 1.82) is 0 Å². The molecule has 1 aromatic carbocycles. The number of carbonyl (C=O) groups excluding carboxylic acids is 1. The van der Waals surface area contributed by atoms with Crippen molar-refractivity contribution in [2.45, 2.75) is 11.9 Å². The molecule has 0 aliphatic rings. The molecule has 0 atom stereocenters. The number of carbonyl (C=O) groups is 1. The molecule has 7 heteroatoms. The molecule has 19 heavy (non-hydrogen) atoms. The van der Waals surface area contributed by atoms with Crippen LogP contribution in [0.15, 0.2) is 34.4 Å². The van der Waals surface area contributed by atoms with Crippen LogP contribution < -0.4 is 5.84 Å². The average Bonchev–Trinajstić information content (AvgIpc) is 2.44. The van der Waals surface area contributed by atoms with Crippen LogP contribution in [0.25, 0.3) is 11.0 Å². The number of ether oxygens (including phenoxy) is 1. The van der Waals surface area contributed by atoms with Gasteiger partial charge in [0, 0.05) is 0 Å². The van der Waals surface area contributed by atoms with Crippen molar-refractivity contribution >= 4 is 34.3 Å². The quantitative estimate of drug-likeness (QED) is 0.229. The number of benzene rings is 1. The Bertz CT molecular complexity index is 630. The number of hydrogen-bond acceptors (Lipinski definition) is 7. The number of hydrazone groups is 1. The van der Waals surface area contributed by atoms with Crippen LogP contribution in [0.1, 0.15) is 17.4 Å². The van der Waals surface area contributed by atoms with Crippen LogP contribution in [-0.4, -0.2) is 28.1 Å². The van der Waals surface area contributed by atoms with Crippen LogP contribution in [0.4, 0.5) is 0 Å². The fourth-order valence-corrected chi connectivity index (χ4v) is 2.03. The minimum absolute atomic E-state index is 0.172. The Hall–Kier alpha value is -2.15. The van der Waals surface area contributed by atoms with Gasteiger partial charge in [-0.1, -0.05) is 23.9 Å². The molecule has 0 aliphatic heterocycles. The first-order chi connectivity index (χ1) is 9.26. The fraction of sp³-hybridized carbons (Fsp3) is 0.167. The zero-order valence-corrected chi connectivity index (χ0v) is 11.1. The Morgan fingerprint density at radius 2 is 2.11 bits per heavy atom. The summed E-state index contributed by atoms with van der Waals surface area (Å²) in [5.41, 5.74) is 2.90. The molecule has 0 bridgehead atoms. The maximum atomic E-state index is 11.9.